The lowest BCUT2D eigenvalue weighted by Gasteiger charge is -2.04. The molecule has 0 aliphatic carbocycles. The molecule has 0 fully saturated rings. The summed E-state index contributed by atoms with van der Waals surface area (Å²) in [6.07, 6.45) is 1.70. The van der Waals surface area contributed by atoms with Crippen LogP contribution >= 0.6 is 0 Å². The summed E-state index contributed by atoms with van der Waals surface area (Å²) in [5, 5.41) is 0. The molecule has 25 heavy (non-hydrogen) atoms. The number of carbonyl (C=O) groups is 2. The minimum Gasteiger partial charge on any atom is -0.482 e. The number of ether oxygens (including phenoxy) is 3. The van der Waals surface area contributed by atoms with Crippen molar-refractivity contribution in [1.29, 1.82) is 0 Å². The summed E-state index contributed by atoms with van der Waals surface area (Å²) in [7, 11) is 1.31. The van der Waals surface area contributed by atoms with Crippen molar-refractivity contribution in [2.75, 3.05) is 20.3 Å². The molecule has 0 atom stereocenters. The molecule has 130 valence electrons. The van der Waals surface area contributed by atoms with E-state index < -0.39 is 5.97 Å². The van der Waals surface area contributed by atoms with E-state index >= 15 is 0 Å². The molecule has 0 aliphatic rings. The quantitative estimate of drug-likeness (QED) is 0.571. The van der Waals surface area contributed by atoms with Gasteiger partial charge in [-0.25, -0.2) is 9.59 Å². The molecule has 6 heteroatoms. The fraction of sp³-hybridized carbons (Fsp3) is 0.211. The van der Waals surface area contributed by atoms with E-state index in [1.807, 2.05) is 12.1 Å². The van der Waals surface area contributed by atoms with Crippen LogP contribution in [-0.4, -0.2) is 38.5 Å². The zero-order valence-corrected chi connectivity index (χ0v) is 14.1. The van der Waals surface area contributed by atoms with Crippen molar-refractivity contribution in [2.24, 2.45) is 4.99 Å². The molecule has 0 spiro atoms. The van der Waals surface area contributed by atoms with Gasteiger partial charge in [0.05, 0.1) is 25.0 Å². The first-order valence-corrected chi connectivity index (χ1v) is 7.73. The molecule has 6 nitrogen and oxygen atoms in total. The molecule has 2 rings (SSSR count). The molecule has 0 bridgehead atoms. The van der Waals surface area contributed by atoms with Crippen molar-refractivity contribution >= 4 is 23.8 Å². The van der Waals surface area contributed by atoms with Crippen molar-refractivity contribution in [3.8, 4) is 5.75 Å². The molecule has 0 saturated carbocycles. The van der Waals surface area contributed by atoms with E-state index in [1.165, 1.54) is 7.11 Å². The lowest BCUT2D eigenvalue weighted by molar-refractivity contribution is -0.142. The van der Waals surface area contributed by atoms with E-state index in [9.17, 15) is 9.59 Å². The van der Waals surface area contributed by atoms with Crippen LogP contribution in [0.2, 0.25) is 0 Å². The lowest BCUT2D eigenvalue weighted by Crippen LogP contribution is -2.12. The van der Waals surface area contributed by atoms with Gasteiger partial charge in [0.2, 0.25) is 0 Å². The topological polar surface area (TPSA) is 74.2 Å². The SMILES string of the molecule is CCOC(=O)c1ccc(N=Cc2ccc(OCC(=O)OC)cc2)cc1. The molecule has 0 aromatic heterocycles. The van der Waals surface area contributed by atoms with E-state index in [0.29, 0.717) is 17.9 Å². The van der Waals surface area contributed by atoms with Crippen LogP contribution in [0, 0.1) is 0 Å². The maximum absolute atomic E-state index is 11.6. The van der Waals surface area contributed by atoms with Gasteiger partial charge in [0.25, 0.3) is 0 Å². The van der Waals surface area contributed by atoms with Gasteiger partial charge >= 0.3 is 11.9 Å². The number of esters is 2. The summed E-state index contributed by atoms with van der Waals surface area (Å²) in [6.45, 7) is 1.98. The molecule has 0 saturated heterocycles. The van der Waals surface area contributed by atoms with Gasteiger partial charge in [-0.3, -0.25) is 4.99 Å². The Kier molecular flexibility index (Phi) is 6.71. The average Bonchev–Trinajstić information content (AvgIpc) is 2.65. The first kappa shape index (κ1) is 18.2. The maximum atomic E-state index is 11.6. The molecule has 0 aliphatic heterocycles. The Hall–Kier alpha value is -3.15. The van der Waals surface area contributed by atoms with Crippen LogP contribution in [0.4, 0.5) is 5.69 Å². The summed E-state index contributed by atoms with van der Waals surface area (Å²) >= 11 is 0. The molecule has 0 N–H and O–H groups in total. The minimum absolute atomic E-state index is 0.128. The van der Waals surface area contributed by atoms with Gasteiger partial charge in [-0.1, -0.05) is 0 Å². The Morgan fingerprint density at radius 3 is 2.32 bits per heavy atom. The molecule has 0 heterocycles. The highest BCUT2D eigenvalue weighted by atomic mass is 16.6. The summed E-state index contributed by atoms with van der Waals surface area (Å²) in [6, 6.07) is 14.0. The highest BCUT2D eigenvalue weighted by Crippen LogP contribution is 2.15. The van der Waals surface area contributed by atoms with E-state index in [0.717, 1.165) is 11.3 Å². The van der Waals surface area contributed by atoms with E-state index in [4.69, 9.17) is 9.47 Å². The number of aliphatic imine (C=N–C) groups is 1. The first-order chi connectivity index (χ1) is 12.1. The Morgan fingerprint density at radius 2 is 1.72 bits per heavy atom. The predicted molar refractivity (Wildman–Crippen MR) is 93.6 cm³/mol. The van der Waals surface area contributed by atoms with E-state index in [2.05, 4.69) is 9.73 Å². The molecular weight excluding hydrogens is 322 g/mol. The van der Waals surface area contributed by atoms with Crippen LogP contribution in [0.1, 0.15) is 22.8 Å². The van der Waals surface area contributed by atoms with E-state index in [1.54, 1.807) is 49.5 Å². The first-order valence-electron chi connectivity index (χ1n) is 7.73. The predicted octanol–water partition coefficient (Wildman–Crippen LogP) is 3.17. The molecular formula is C19H19NO5. The van der Waals surface area contributed by atoms with E-state index in [-0.39, 0.29) is 12.6 Å². The average molecular weight is 341 g/mol. The van der Waals surface area contributed by atoms with Crippen LogP contribution in [0.15, 0.2) is 53.5 Å². The lowest BCUT2D eigenvalue weighted by atomic mass is 10.2. The Balaban J connectivity index is 1.95. The summed E-state index contributed by atoms with van der Waals surface area (Å²) in [5.74, 6) is -0.209. The smallest absolute Gasteiger partial charge is 0.343 e. The number of carbonyl (C=O) groups excluding carboxylic acids is 2. The highest BCUT2D eigenvalue weighted by molar-refractivity contribution is 5.90. The third-order valence-electron chi connectivity index (χ3n) is 3.21. The van der Waals surface area contributed by atoms with Crippen molar-refractivity contribution < 1.29 is 23.8 Å². The summed E-state index contributed by atoms with van der Waals surface area (Å²) in [4.78, 5) is 26.9. The molecule has 0 radical (unpaired) electrons. The van der Waals surface area contributed by atoms with Crippen molar-refractivity contribution in [3.05, 3.63) is 59.7 Å². The zero-order chi connectivity index (χ0) is 18.1. The number of hydrogen-bond donors (Lipinski definition) is 0. The van der Waals surface area contributed by atoms with Gasteiger partial charge in [-0.2, -0.15) is 0 Å². The zero-order valence-electron chi connectivity index (χ0n) is 14.1. The Morgan fingerprint density at radius 1 is 1.04 bits per heavy atom. The third-order valence-corrected chi connectivity index (χ3v) is 3.21. The third kappa shape index (κ3) is 5.76. The normalized spacial score (nSPS) is 10.5. The second-order valence-electron chi connectivity index (χ2n) is 4.96. The number of hydrogen-bond acceptors (Lipinski definition) is 6. The standard InChI is InChI=1S/C19H19NO5/c1-3-24-19(22)15-6-8-16(9-7-15)20-12-14-4-10-17(11-5-14)25-13-18(21)23-2/h4-12H,3,13H2,1-2H3. The van der Waals surface area contributed by atoms with Crippen LogP contribution in [0.25, 0.3) is 0 Å². The fourth-order valence-electron chi connectivity index (χ4n) is 1.90. The largest absolute Gasteiger partial charge is 0.482 e. The van der Waals surface area contributed by atoms with Crippen LogP contribution < -0.4 is 4.74 Å². The highest BCUT2D eigenvalue weighted by Gasteiger charge is 2.05. The Labute approximate surface area is 146 Å². The number of rotatable bonds is 7. The molecule has 2 aromatic carbocycles. The molecule has 0 amide bonds. The number of benzene rings is 2. The van der Waals surface area contributed by atoms with Gasteiger partial charge < -0.3 is 14.2 Å². The van der Waals surface area contributed by atoms with Crippen LogP contribution in [0.5, 0.6) is 5.75 Å². The number of methoxy groups -OCH3 is 1. The number of nitrogens with zero attached hydrogens (tertiary/aromatic N) is 1. The summed E-state index contributed by atoms with van der Waals surface area (Å²) < 4.78 is 14.7. The van der Waals surface area contributed by atoms with Gasteiger partial charge in [-0.05, 0) is 61.0 Å². The van der Waals surface area contributed by atoms with Crippen molar-refractivity contribution in [1.82, 2.24) is 0 Å². The van der Waals surface area contributed by atoms with Crippen molar-refractivity contribution in [2.45, 2.75) is 6.92 Å². The van der Waals surface area contributed by atoms with Gasteiger partial charge in [-0.15, -0.1) is 0 Å². The van der Waals surface area contributed by atoms with Crippen LogP contribution in [0.3, 0.4) is 0 Å². The molecule has 0 unspecified atom stereocenters. The molecule has 2 aromatic rings. The van der Waals surface area contributed by atoms with Crippen LogP contribution in [-0.2, 0) is 14.3 Å². The summed E-state index contributed by atoms with van der Waals surface area (Å²) in [5.41, 5.74) is 2.09. The Bertz CT molecular complexity index is 735. The monoisotopic (exact) mass is 341 g/mol. The minimum atomic E-state index is -0.433. The fourth-order valence-corrected chi connectivity index (χ4v) is 1.90. The maximum Gasteiger partial charge on any atom is 0.343 e. The van der Waals surface area contributed by atoms with Crippen molar-refractivity contribution in [3.63, 3.8) is 0 Å². The van der Waals surface area contributed by atoms with Gasteiger partial charge in [0, 0.05) is 6.21 Å². The van der Waals surface area contributed by atoms with Gasteiger partial charge in [0.1, 0.15) is 5.75 Å². The van der Waals surface area contributed by atoms with Gasteiger partial charge in [0.15, 0.2) is 6.61 Å². The second kappa shape index (κ2) is 9.22. The second-order valence-corrected chi connectivity index (χ2v) is 4.96.